The second-order valence-electron chi connectivity index (χ2n) is 10.6. The molecule has 0 aromatic carbocycles. The van der Waals surface area contributed by atoms with Crippen LogP contribution in [0.2, 0.25) is 0 Å². The van der Waals surface area contributed by atoms with E-state index in [1.807, 2.05) is 35.1 Å². The van der Waals surface area contributed by atoms with E-state index in [9.17, 15) is 15.2 Å². The van der Waals surface area contributed by atoms with Crippen LogP contribution in [0.25, 0.3) is 16.6 Å². The number of fused-ring (bicyclic) bond motifs is 1. The molecule has 11 heteroatoms. The highest BCUT2D eigenvalue weighted by molar-refractivity contribution is 5.93. The molecule has 4 aromatic rings. The number of ether oxygens (including phenoxy) is 1. The standard InChI is InChI=1S/C27H28N8O3/c1-27(2,37)16-38-21-9-22(25-19(10-28)12-30-35(25)15-21)18-5-6-24(29-11-18)33-13-20(14-33)34-8-7-23(32-34)31-26(36)17-3-4-17/h5-9,11-12,15,17,20,37H,3-4,13-14,16H2,1-2H3,(H,31,32,36). The molecule has 4 aromatic heterocycles. The third-order valence-corrected chi connectivity index (χ3v) is 6.73. The van der Waals surface area contributed by atoms with Crippen molar-refractivity contribution >= 4 is 23.1 Å². The second-order valence-corrected chi connectivity index (χ2v) is 10.6. The molecule has 38 heavy (non-hydrogen) atoms. The number of rotatable bonds is 8. The van der Waals surface area contributed by atoms with Gasteiger partial charge in [-0.05, 0) is 44.9 Å². The lowest BCUT2D eigenvalue weighted by Gasteiger charge is -2.40. The van der Waals surface area contributed by atoms with Crippen molar-refractivity contribution < 1.29 is 14.6 Å². The fraction of sp³-hybridized carbons (Fsp3) is 0.370. The number of carbonyl (C=O) groups excluding carboxylic acids is 1. The highest BCUT2D eigenvalue weighted by atomic mass is 16.5. The average molecular weight is 513 g/mol. The van der Waals surface area contributed by atoms with Gasteiger partial charge in [-0.3, -0.25) is 9.48 Å². The molecule has 1 aliphatic heterocycles. The maximum absolute atomic E-state index is 12.0. The molecule has 0 radical (unpaired) electrons. The van der Waals surface area contributed by atoms with E-state index in [4.69, 9.17) is 4.74 Å². The number of aliphatic hydroxyl groups is 1. The van der Waals surface area contributed by atoms with Crippen molar-refractivity contribution in [3.8, 4) is 22.9 Å². The van der Waals surface area contributed by atoms with Crippen LogP contribution in [0.3, 0.4) is 0 Å². The van der Waals surface area contributed by atoms with Crippen molar-refractivity contribution in [2.75, 3.05) is 29.9 Å². The topological polar surface area (TPSA) is 134 Å². The summed E-state index contributed by atoms with van der Waals surface area (Å²) in [5, 5.41) is 31.4. The van der Waals surface area contributed by atoms with Gasteiger partial charge in [-0.25, -0.2) is 9.50 Å². The van der Waals surface area contributed by atoms with Gasteiger partial charge in [-0.1, -0.05) is 0 Å². The first kappa shape index (κ1) is 23.9. The summed E-state index contributed by atoms with van der Waals surface area (Å²) in [6.45, 7) is 4.98. The molecule has 1 saturated heterocycles. The summed E-state index contributed by atoms with van der Waals surface area (Å²) in [7, 11) is 0. The van der Waals surface area contributed by atoms with Crippen molar-refractivity contribution in [1.29, 1.82) is 5.26 Å². The fourth-order valence-electron chi connectivity index (χ4n) is 4.46. The Hall–Kier alpha value is -4.43. The van der Waals surface area contributed by atoms with E-state index in [1.54, 1.807) is 30.8 Å². The summed E-state index contributed by atoms with van der Waals surface area (Å²) >= 11 is 0. The van der Waals surface area contributed by atoms with Crippen LogP contribution in [0.15, 0.2) is 49.1 Å². The average Bonchev–Trinajstić information content (AvgIpc) is 3.50. The zero-order valence-electron chi connectivity index (χ0n) is 21.2. The molecular weight excluding hydrogens is 484 g/mol. The Kier molecular flexibility index (Phi) is 5.76. The Labute approximate surface area is 219 Å². The van der Waals surface area contributed by atoms with Gasteiger partial charge >= 0.3 is 0 Å². The van der Waals surface area contributed by atoms with E-state index >= 15 is 0 Å². The number of nitriles is 1. The fourth-order valence-corrected chi connectivity index (χ4v) is 4.46. The number of hydrogen-bond acceptors (Lipinski definition) is 8. The zero-order valence-corrected chi connectivity index (χ0v) is 21.2. The van der Waals surface area contributed by atoms with Gasteiger partial charge in [0.1, 0.15) is 24.2 Å². The monoisotopic (exact) mass is 512 g/mol. The lowest BCUT2D eigenvalue weighted by Crippen LogP contribution is -2.48. The summed E-state index contributed by atoms with van der Waals surface area (Å²) in [6.07, 6.45) is 8.83. The Morgan fingerprint density at radius 1 is 1.26 bits per heavy atom. The number of amides is 1. The predicted octanol–water partition coefficient (Wildman–Crippen LogP) is 3.02. The number of nitrogens with zero attached hydrogens (tertiary/aromatic N) is 7. The molecule has 2 fully saturated rings. The normalized spacial score (nSPS) is 15.8. The Morgan fingerprint density at radius 2 is 2.08 bits per heavy atom. The minimum atomic E-state index is -0.988. The summed E-state index contributed by atoms with van der Waals surface area (Å²) in [4.78, 5) is 18.8. The van der Waals surface area contributed by atoms with Crippen molar-refractivity contribution in [1.82, 2.24) is 24.4 Å². The Bertz CT molecular complexity index is 1530. The van der Waals surface area contributed by atoms with Gasteiger partial charge in [-0.2, -0.15) is 15.5 Å². The largest absolute Gasteiger partial charge is 0.489 e. The van der Waals surface area contributed by atoms with Crippen LogP contribution >= 0.6 is 0 Å². The van der Waals surface area contributed by atoms with Crippen LogP contribution in [0.5, 0.6) is 5.75 Å². The lowest BCUT2D eigenvalue weighted by atomic mass is 10.0. The van der Waals surface area contributed by atoms with Gasteiger partial charge in [-0.15, -0.1) is 0 Å². The molecule has 5 heterocycles. The number of hydrogen-bond donors (Lipinski definition) is 2. The van der Waals surface area contributed by atoms with E-state index < -0.39 is 5.60 Å². The van der Waals surface area contributed by atoms with Crippen LogP contribution in [0, 0.1) is 17.2 Å². The van der Waals surface area contributed by atoms with Crippen LogP contribution in [0.4, 0.5) is 11.6 Å². The van der Waals surface area contributed by atoms with Gasteiger partial charge in [0.25, 0.3) is 0 Å². The predicted molar refractivity (Wildman–Crippen MR) is 140 cm³/mol. The Morgan fingerprint density at radius 3 is 2.76 bits per heavy atom. The first-order chi connectivity index (χ1) is 18.3. The van der Waals surface area contributed by atoms with Crippen LogP contribution in [-0.2, 0) is 4.79 Å². The number of pyridine rings is 2. The molecule has 194 valence electrons. The van der Waals surface area contributed by atoms with E-state index in [-0.39, 0.29) is 24.5 Å². The molecule has 0 atom stereocenters. The number of aromatic nitrogens is 5. The molecule has 2 N–H and O–H groups in total. The molecule has 1 aliphatic carbocycles. The highest BCUT2D eigenvalue weighted by Crippen LogP contribution is 2.33. The minimum Gasteiger partial charge on any atom is -0.489 e. The van der Waals surface area contributed by atoms with Crippen molar-refractivity contribution in [2.24, 2.45) is 5.92 Å². The lowest BCUT2D eigenvalue weighted by molar-refractivity contribution is -0.117. The maximum atomic E-state index is 12.0. The third-order valence-electron chi connectivity index (χ3n) is 6.73. The van der Waals surface area contributed by atoms with E-state index in [0.29, 0.717) is 22.6 Å². The summed E-state index contributed by atoms with van der Waals surface area (Å²) in [5.74, 6) is 2.18. The molecule has 0 bridgehead atoms. The van der Waals surface area contributed by atoms with E-state index in [0.717, 1.165) is 42.9 Å². The first-order valence-corrected chi connectivity index (χ1v) is 12.6. The summed E-state index contributed by atoms with van der Waals surface area (Å²) in [6, 6.07) is 10.0. The maximum Gasteiger partial charge on any atom is 0.228 e. The molecular formula is C27H28N8O3. The molecule has 6 rings (SSSR count). The van der Waals surface area contributed by atoms with Gasteiger partial charge in [0.2, 0.25) is 5.91 Å². The molecule has 1 saturated carbocycles. The van der Waals surface area contributed by atoms with Gasteiger partial charge in [0.15, 0.2) is 5.82 Å². The first-order valence-electron chi connectivity index (χ1n) is 12.6. The second kappa shape index (κ2) is 9.15. The molecule has 11 nitrogen and oxygen atoms in total. The quantitative estimate of drug-likeness (QED) is 0.368. The number of nitrogens with one attached hydrogen (secondary N) is 1. The van der Waals surface area contributed by atoms with E-state index in [1.165, 1.54) is 6.20 Å². The molecule has 0 spiro atoms. The molecule has 0 unspecified atom stereocenters. The van der Waals surface area contributed by atoms with Crippen LogP contribution in [-0.4, -0.2) is 60.7 Å². The molecule has 2 aliphatic rings. The van der Waals surface area contributed by atoms with Crippen molar-refractivity contribution in [3.63, 3.8) is 0 Å². The Balaban J connectivity index is 1.17. The minimum absolute atomic E-state index is 0.0548. The number of anilines is 2. The summed E-state index contributed by atoms with van der Waals surface area (Å²) in [5.41, 5.74) is 1.73. The third kappa shape index (κ3) is 4.78. The van der Waals surface area contributed by atoms with Gasteiger partial charge in [0.05, 0.1) is 35.1 Å². The highest BCUT2D eigenvalue weighted by Gasteiger charge is 2.32. The SMILES string of the molecule is CC(C)(O)COc1cc(-c2ccc(N3CC(n4ccc(NC(=O)C5CC5)n4)C3)nc2)c2c(C#N)cnn2c1. The van der Waals surface area contributed by atoms with Gasteiger partial charge < -0.3 is 20.1 Å². The van der Waals surface area contributed by atoms with Gasteiger partial charge in [0, 0.05) is 48.6 Å². The van der Waals surface area contributed by atoms with Crippen molar-refractivity contribution in [3.05, 3.63) is 54.6 Å². The zero-order chi connectivity index (χ0) is 26.4. The number of carbonyl (C=O) groups is 1. The summed E-state index contributed by atoms with van der Waals surface area (Å²) < 4.78 is 9.32. The molecule has 1 amide bonds. The van der Waals surface area contributed by atoms with E-state index in [2.05, 4.69) is 31.5 Å². The van der Waals surface area contributed by atoms with Crippen molar-refractivity contribution in [2.45, 2.75) is 38.3 Å². The van der Waals surface area contributed by atoms with Crippen LogP contribution < -0.4 is 15.0 Å². The smallest absolute Gasteiger partial charge is 0.228 e. The van der Waals surface area contributed by atoms with Crippen LogP contribution in [0.1, 0.15) is 38.3 Å².